The first-order valence-electron chi connectivity index (χ1n) is 7.61. The van der Waals surface area contributed by atoms with Crippen molar-refractivity contribution in [3.63, 3.8) is 0 Å². The normalized spacial score (nSPS) is 16.5. The molecule has 5 nitrogen and oxygen atoms in total. The van der Waals surface area contributed by atoms with Gasteiger partial charge in [-0.05, 0) is 11.6 Å². The molecule has 1 N–H and O–H groups in total. The highest BCUT2D eigenvalue weighted by molar-refractivity contribution is 7.13. The van der Waals surface area contributed by atoms with E-state index in [2.05, 4.69) is 10.3 Å². The van der Waals surface area contributed by atoms with Gasteiger partial charge in [-0.1, -0.05) is 32.0 Å². The van der Waals surface area contributed by atoms with Crippen LogP contribution in [-0.2, 0) is 11.2 Å². The van der Waals surface area contributed by atoms with Crippen LogP contribution in [0.25, 0.3) is 0 Å². The molecule has 3 rings (SSSR count). The summed E-state index contributed by atoms with van der Waals surface area (Å²) in [6, 6.07) is 7.16. The van der Waals surface area contributed by atoms with Crippen molar-refractivity contribution in [1.82, 2.24) is 10.3 Å². The average Bonchev–Trinajstić information content (AvgIpc) is 3.18. The monoisotopic (exact) mass is 329 g/mol. The van der Waals surface area contributed by atoms with Crippen LogP contribution in [0.15, 0.2) is 30.5 Å². The SMILES string of the molecule is CNC(=O)C1Cc2ccccc2N1C(=O)c1cnc(C(C)C)s1. The van der Waals surface area contributed by atoms with Crippen molar-refractivity contribution in [3.05, 3.63) is 45.9 Å². The Balaban J connectivity index is 1.99. The molecule has 0 saturated carbocycles. The number of benzene rings is 1. The van der Waals surface area contributed by atoms with Crippen LogP contribution in [0, 0.1) is 0 Å². The first-order chi connectivity index (χ1) is 11.0. The third-order valence-electron chi connectivity index (χ3n) is 3.97. The molecule has 2 heterocycles. The molecule has 6 heteroatoms. The molecule has 1 aliphatic heterocycles. The Morgan fingerprint density at radius 2 is 2.09 bits per heavy atom. The van der Waals surface area contributed by atoms with Crippen molar-refractivity contribution < 1.29 is 9.59 Å². The van der Waals surface area contributed by atoms with E-state index in [9.17, 15) is 9.59 Å². The van der Waals surface area contributed by atoms with E-state index in [1.54, 1.807) is 18.1 Å². The largest absolute Gasteiger partial charge is 0.357 e. The van der Waals surface area contributed by atoms with Gasteiger partial charge >= 0.3 is 0 Å². The maximum absolute atomic E-state index is 13.0. The van der Waals surface area contributed by atoms with E-state index in [0.29, 0.717) is 11.3 Å². The van der Waals surface area contributed by atoms with Gasteiger partial charge in [0.2, 0.25) is 5.91 Å². The van der Waals surface area contributed by atoms with Crippen LogP contribution in [0.1, 0.15) is 40.0 Å². The fourth-order valence-corrected chi connectivity index (χ4v) is 3.64. The number of anilines is 1. The molecular formula is C17H19N3O2S. The van der Waals surface area contributed by atoms with Gasteiger partial charge in [0.25, 0.3) is 5.91 Å². The van der Waals surface area contributed by atoms with Gasteiger partial charge in [0, 0.05) is 25.1 Å². The summed E-state index contributed by atoms with van der Waals surface area (Å²) >= 11 is 1.40. The van der Waals surface area contributed by atoms with Gasteiger partial charge in [0.15, 0.2) is 0 Å². The summed E-state index contributed by atoms with van der Waals surface area (Å²) in [5, 5.41) is 3.58. The van der Waals surface area contributed by atoms with Crippen LogP contribution >= 0.6 is 11.3 Å². The van der Waals surface area contributed by atoms with Crippen LogP contribution in [0.2, 0.25) is 0 Å². The molecule has 1 aliphatic rings. The number of hydrogen-bond donors (Lipinski definition) is 1. The summed E-state index contributed by atoms with van der Waals surface area (Å²) in [4.78, 5) is 31.7. The smallest absolute Gasteiger partial charge is 0.270 e. The van der Waals surface area contributed by atoms with Crippen LogP contribution in [0.4, 0.5) is 5.69 Å². The van der Waals surface area contributed by atoms with E-state index >= 15 is 0 Å². The molecule has 1 unspecified atom stereocenters. The zero-order chi connectivity index (χ0) is 16.6. The zero-order valence-electron chi connectivity index (χ0n) is 13.4. The third kappa shape index (κ3) is 2.74. The first kappa shape index (κ1) is 15.7. The number of aromatic nitrogens is 1. The molecule has 0 fully saturated rings. The maximum atomic E-state index is 13.0. The molecule has 2 amide bonds. The highest BCUT2D eigenvalue weighted by Gasteiger charge is 2.38. The number of rotatable bonds is 3. The van der Waals surface area contributed by atoms with Crippen molar-refractivity contribution in [1.29, 1.82) is 0 Å². The molecule has 23 heavy (non-hydrogen) atoms. The third-order valence-corrected chi connectivity index (χ3v) is 5.26. The summed E-state index contributed by atoms with van der Waals surface area (Å²) in [7, 11) is 1.59. The molecule has 0 radical (unpaired) electrons. The van der Waals surface area contributed by atoms with Gasteiger partial charge in [-0.3, -0.25) is 14.5 Å². The number of amides is 2. The zero-order valence-corrected chi connectivity index (χ0v) is 14.2. The van der Waals surface area contributed by atoms with Crippen LogP contribution in [0.3, 0.4) is 0 Å². The fraction of sp³-hybridized carbons (Fsp3) is 0.353. The standard InChI is InChI=1S/C17H19N3O2S/c1-10(2)16-19-9-14(23-16)17(22)20-12-7-5-4-6-11(12)8-13(20)15(21)18-3/h4-7,9-10,13H,8H2,1-3H3,(H,18,21). The first-order valence-corrected chi connectivity index (χ1v) is 8.43. The molecule has 0 bridgehead atoms. The van der Waals surface area contributed by atoms with Crippen LogP contribution < -0.4 is 10.2 Å². The Bertz CT molecular complexity index is 754. The summed E-state index contributed by atoms with van der Waals surface area (Å²) < 4.78 is 0. The van der Waals surface area contributed by atoms with E-state index in [1.165, 1.54) is 11.3 Å². The van der Waals surface area contributed by atoms with E-state index < -0.39 is 6.04 Å². The van der Waals surface area contributed by atoms with Crippen molar-refractivity contribution in [3.8, 4) is 0 Å². The number of fused-ring (bicyclic) bond motifs is 1. The molecule has 2 aromatic rings. The second-order valence-electron chi connectivity index (χ2n) is 5.86. The number of carbonyl (C=O) groups is 2. The Morgan fingerprint density at radius 3 is 2.74 bits per heavy atom. The number of likely N-dealkylation sites (N-methyl/N-ethyl adjacent to an activating group) is 1. The van der Waals surface area contributed by atoms with Gasteiger partial charge in [-0.2, -0.15) is 0 Å². The lowest BCUT2D eigenvalue weighted by Gasteiger charge is -2.23. The number of nitrogens with zero attached hydrogens (tertiary/aromatic N) is 2. The minimum Gasteiger partial charge on any atom is -0.357 e. The van der Waals surface area contributed by atoms with Crippen molar-refractivity contribution >= 4 is 28.8 Å². The molecule has 0 aliphatic carbocycles. The van der Waals surface area contributed by atoms with Crippen LogP contribution in [0.5, 0.6) is 0 Å². The minimum atomic E-state index is -0.505. The Morgan fingerprint density at radius 1 is 1.35 bits per heavy atom. The quantitative estimate of drug-likeness (QED) is 0.941. The fourth-order valence-electron chi connectivity index (χ4n) is 2.79. The van der Waals surface area contributed by atoms with E-state index in [-0.39, 0.29) is 17.7 Å². The molecule has 1 atom stereocenters. The molecule has 0 spiro atoms. The highest BCUT2D eigenvalue weighted by atomic mass is 32.1. The summed E-state index contributed by atoms with van der Waals surface area (Å²) in [5.41, 5.74) is 1.83. The predicted octanol–water partition coefficient (Wildman–Crippen LogP) is 2.58. The highest BCUT2D eigenvalue weighted by Crippen LogP contribution is 2.34. The minimum absolute atomic E-state index is 0.150. The average molecular weight is 329 g/mol. The lowest BCUT2D eigenvalue weighted by molar-refractivity contribution is -0.121. The molecule has 1 aromatic carbocycles. The molecular weight excluding hydrogens is 310 g/mol. The topological polar surface area (TPSA) is 62.3 Å². The molecule has 0 saturated heterocycles. The van der Waals surface area contributed by atoms with Crippen molar-refractivity contribution in [2.45, 2.75) is 32.2 Å². The number of hydrogen-bond acceptors (Lipinski definition) is 4. The Hall–Kier alpha value is -2.21. The summed E-state index contributed by atoms with van der Waals surface area (Å²) in [6.07, 6.45) is 2.15. The second-order valence-corrected chi connectivity index (χ2v) is 6.92. The van der Waals surface area contributed by atoms with E-state index in [0.717, 1.165) is 16.3 Å². The Labute approximate surface area is 139 Å². The van der Waals surface area contributed by atoms with Crippen molar-refractivity contribution in [2.75, 3.05) is 11.9 Å². The van der Waals surface area contributed by atoms with E-state index in [4.69, 9.17) is 0 Å². The van der Waals surface area contributed by atoms with Gasteiger partial charge in [-0.15, -0.1) is 11.3 Å². The number of thiazole rings is 1. The van der Waals surface area contributed by atoms with Crippen LogP contribution in [-0.4, -0.2) is 29.9 Å². The number of nitrogens with one attached hydrogen (secondary N) is 1. The van der Waals surface area contributed by atoms with Gasteiger partial charge in [0.05, 0.1) is 11.2 Å². The predicted molar refractivity (Wildman–Crippen MR) is 91.0 cm³/mol. The number of para-hydroxylation sites is 1. The number of carbonyl (C=O) groups excluding carboxylic acids is 2. The summed E-state index contributed by atoms with van der Waals surface area (Å²) in [5.74, 6) is -0.0294. The van der Waals surface area contributed by atoms with Gasteiger partial charge in [0.1, 0.15) is 10.9 Å². The molecule has 120 valence electrons. The van der Waals surface area contributed by atoms with Crippen molar-refractivity contribution in [2.24, 2.45) is 0 Å². The maximum Gasteiger partial charge on any atom is 0.270 e. The summed E-state index contributed by atoms with van der Waals surface area (Å²) in [6.45, 7) is 4.09. The lowest BCUT2D eigenvalue weighted by Crippen LogP contribution is -2.47. The van der Waals surface area contributed by atoms with E-state index in [1.807, 2.05) is 38.1 Å². The van der Waals surface area contributed by atoms with Gasteiger partial charge < -0.3 is 5.32 Å². The lowest BCUT2D eigenvalue weighted by atomic mass is 10.1. The second kappa shape index (κ2) is 6.12. The Kier molecular flexibility index (Phi) is 4.17. The molecule has 1 aromatic heterocycles. The van der Waals surface area contributed by atoms with Gasteiger partial charge in [-0.25, -0.2) is 4.98 Å².